The Hall–Kier alpha value is -2.08. The van der Waals surface area contributed by atoms with Gasteiger partial charge in [0, 0.05) is 12.6 Å². The lowest BCUT2D eigenvalue weighted by atomic mass is 10.1. The minimum absolute atomic E-state index is 0.0437. The molecule has 1 aromatic carbocycles. The van der Waals surface area contributed by atoms with Crippen molar-refractivity contribution in [1.29, 1.82) is 0 Å². The first-order valence-electron chi connectivity index (χ1n) is 9.35. The Labute approximate surface area is 167 Å². The summed E-state index contributed by atoms with van der Waals surface area (Å²) in [5, 5.41) is 2.91. The first-order valence-corrected chi connectivity index (χ1v) is 10.8. The molecule has 1 heterocycles. The minimum atomic E-state index is -3.89. The zero-order valence-corrected chi connectivity index (χ0v) is 17.7. The van der Waals surface area contributed by atoms with Crippen molar-refractivity contribution in [2.75, 3.05) is 26.7 Å². The van der Waals surface area contributed by atoms with Crippen LogP contribution in [-0.4, -0.2) is 57.5 Å². The maximum Gasteiger partial charge on any atom is 0.255 e. The standard InChI is InChI=1S/C20H29N3O4S/c1-6-20(3,4)22-28(25,26)16-10-11-18(27-5)17(13-16)19(24)21-14-15-9-8-12-23(15)7-2/h1,10-11,13,15,22H,7-9,12,14H2,2-5H3,(H,21,24)/t15-/m1/s1. The van der Waals surface area contributed by atoms with Crippen LogP contribution in [0.25, 0.3) is 0 Å². The van der Waals surface area contributed by atoms with E-state index in [2.05, 4.69) is 27.8 Å². The molecular weight excluding hydrogens is 378 g/mol. The van der Waals surface area contributed by atoms with Crippen molar-refractivity contribution in [2.45, 2.75) is 50.1 Å². The number of likely N-dealkylation sites (tertiary alicyclic amines) is 1. The maximum absolute atomic E-state index is 12.7. The number of nitrogens with zero attached hydrogens (tertiary/aromatic N) is 1. The van der Waals surface area contributed by atoms with E-state index in [1.807, 2.05) is 0 Å². The van der Waals surface area contributed by atoms with E-state index < -0.39 is 15.6 Å². The molecule has 1 aromatic rings. The van der Waals surface area contributed by atoms with Crippen LogP contribution in [0.4, 0.5) is 0 Å². The van der Waals surface area contributed by atoms with Gasteiger partial charge in [0.15, 0.2) is 0 Å². The second-order valence-corrected chi connectivity index (χ2v) is 9.05. The van der Waals surface area contributed by atoms with Gasteiger partial charge in [-0.1, -0.05) is 12.8 Å². The molecule has 0 unspecified atom stereocenters. The molecule has 7 nitrogen and oxygen atoms in total. The van der Waals surface area contributed by atoms with Crippen LogP contribution in [0.3, 0.4) is 0 Å². The van der Waals surface area contributed by atoms with E-state index in [0.29, 0.717) is 18.3 Å². The Balaban J connectivity index is 2.22. The molecule has 1 atom stereocenters. The minimum Gasteiger partial charge on any atom is -0.496 e. The number of hydrogen-bond acceptors (Lipinski definition) is 5. The average Bonchev–Trinajstić information content (AvgIpc) is 3.12. The maximum atomic E-state index is 12.7. The Bertz CT molecular complexity index is 859. The summed E-state index contributed by atoms with van der Waals surface area (Å²) in [5.74, 6) is 2.33. The number of carbonyl (C=O) groups is 1. The summed E-state index contributed by atoms with van der Waals surface area (Å²) in [4.78, 5) is 15.0. The van der Waals surface area contributed by atoms with Gasteiger partial charge in [0.2, 0.25) is 10.0 Å². The highest BCUT2D eigenvalue weighted by Crippen LogP contribution is 2.24. The number of carbonyl (C=O) groups excluding carboxylic acids is 1. The third kappa shape index (κ3) is 5.25. The highest BCUT2D eigenvalue weighted by atomic mass is 32.2. The summed E-state index contributed by atoms with van der Waals surface area (Å²) in [6, 6.07) is 4.47. The van der Waals surface area contributed by atoms with E-state index in [4.69, 9.17) is 11.2 Å². The van der Waals surface area contributed by atoms with Crippen molar-refractivity contribution < 1.29 is 17.9 Å². The number of rotatable bonds is 8. The number of sulfonamides is 1. The first-order chi connectivity index (χ1) is 13.1. The molecular formula is C20H29N3O4S. The molecule has 2 rings (SSSR count). The summed E-state index contributed by atoms with van der Waals surface area (Å²) in [6.07, 6.45) is 7.52. The topological polar surface area (TPSA) is 87.7 Å². The van der Waals surface area contributed by atoms with Gasteiger partial charge in [0.25, 0.3) is 5.91 Å². The van der Waals surface area contributed by atoms with Crippen molar-refractivity contribution >= 4 is 15.9 Å². The summed E-state index contributed by atoms with van der Waals surface area (Å²) in [7, 11) is -2.45. The molecule has 2 N–H and O–H groups in total. The van der Waals surface area contributed by atoms with E-state index in [0.717, 1.165) is 25.9 Å². The summed E-state index contributed by atoms with van der Waals surface area (Å²) < 4.78 is 33.0. The molecule has 1 saturated heterocycles. The average molecular weight is 408 g/mol. The van der Waals surface area contributed by atoms with E-state index in [1.54, 1.807) is 13.8 Å². The molecule has 0 aromatic heterocycles. The van der Waals surface area contributed by atoms with Crippen LogP contribution in [0, 0.1) is 12.3 Å². The molecule has 154 valence electrons. The van der Waals surface area contributed by atoms with Crippen LogP contribution in [0.1, 0.15) is 44.0 Å². The zero-order chi connectivity index (χ0) is 20.9. The molecule has 0 bridgehead atoms. The van der Waals surface area contributed by atoms with Crippen molar-refractivity contribution in [3.8, 4) is 18.1 Å². The number of likely N-dealkylation sites (N-methyl/N-ethyl adjacent to an activating group) is 1. The zero-order valence-electron chi connectivity index (χ0n) is 16.9. The predicted octanol–water partition coefficient (Wildman–Crippen LogP) is 1.60. The molecule has 0 spiro atoms. The van der Waals surface area contributed by atoms with E-state index in [9.17, 15) is 13.2 Å². The third-order valence-corrected chi connectivity index (χ3v) is 6.53. The fourth-order valence-electron chi connectivity index (χ4n) is 3.30. The summed E-state index contributed by atoms with van der Waals surface area (Å²) in [5.41, 5.74) is -0.877. The molecule has 0 radical (unpaired) electrons. The highest BCUT2D eigenvalue weighted by molar-refractivity contribution is 7.89. The quantitative estimate of drug-likeness (QED) is 0.639. The third-order valence-electron chi connectivity index (χ3n) is 4.88. The number of amides is 1. The molecule has 1 aliphatic rings. The summed E-state index contributed by atoms with van der Waals surface area (Å²) >= 11 is 0. The number of benzene rings is 1. The molecule has 0 aliphatic carbocycles. The van der Waals surface area contributed by atoms with Gasteiger partial charge < -0.3 is 10.1 Å². The molecule has 28 heavy (non-hydrogen) atoms. The van der Waals surface area contributed by atoms with Crippen LogP contribution >= 0.6 is 0 Å². The number of hydrogen-bond donors (Lipinski definition) is 2. The van der Waals surface area contributed by atoms with E-state index >= 15 is 0 Å². The largest absolute Gasteiger partial charge is 0.496 e. The van der Waals surface area contributed by atoms with Gasteiger partial charge in [0.05, 0.1) is 23.1 Å². The Morgan fingerprint density at radius 2 is 2.14 bits per heavy atom. The normalized spacial score (nSPS) is 17.9. The van der Waals surface area contributed by atoms with Crippen LogP contribution in [-0.2, 0) is 10.0 Å². The monoisotopic (exact) mass is 407 g/mol. The summed E-state index contributed by atoms with van der Waals surface area (Å²) in [6.45, 7) is 7.75. The Kier molecular flexibility index (Phi) is 7.10. The van der Waals surface area contributed by atoms with Gasteiger partial charge in [-0.3, -0.25) is 9.69 Å². The number of terminal acetylenes is 1. The van der Waals surface area contributed by atoms with Gasteiger partial charge >= 0.3 is 0 Å². The smallest absolute Gasteiger partial charge is 0.255 e. The number of ether oxygens (including phenoxy) is 1. The lowest BCUT2D eigenvalue weighted by molar-refractivity contribution is 0.0938. The van der Waals surface area contributed by atoms with Crippen molar-refractivity contribution in [1.82, 2.24) is 14.9 Å². The Morgan fingerprint density at radius 3 is 2.75 bits per heavy atom. The van der Waals surface area contributed by atoms with Gasteiger partial charge in [-0.05, 0) is 58.0 Å². The number of methoxy groups -OCH3 is 1. The van der Waals surface area contributed by atoms with Crippen LogP contribution < -0.4 is 14.8 Å². The predicted molar refractivity (Wildman–Crippen MR) is 109 cm³/mol. The lowest BCUT2D eigenvalue weighted by Crippen LogP contribution is -2.42. The van der Waals surface area contributed by atoms with Gasteiger partial charge in [-0.2, -0.15) is 4.72 Å². The van der Waals surface area contributed by atoms with Crippen LogP contribution in [0.5, 0.6) is 5.75 Å². The van der Waals surface area contributed by atoms with Gasteiger partial charge in [0.1, 0.15) is 5.75 Å². The van der Waals surface area contributed by atoms with Crippen molar-refractivity contribution in [2.24, 2.45) is 0 Å². The highest BCUT2D eigenvalue weighted by Gasteiger charge is 2.27. The SMILES string of the molecule is C#CC(C)(C)NS(=O)(=O)c1ccc(OC)c(C(=O)NC[C@H]2CCCN2CC)c1. The van der Waals surface area contributed by atoms with Crippen molar-refractivity contribution in [3.05, 3.63) is 23.8 Å². The molecule has 1 aliphatic heterocycles. The van der Waals surface area contributed by atoms with Gasteiger partial charge in [-0.15, -0.1) is 6.42 Å². The second-order valence-electron chi connectivity index (χ2n) is 7.37. The fourth-order valence-corrected chi connectivity index (χ4v) is 4.67. The van der Waals surface area contributed by atoms with E-state index in [1.165, 1.54) is 25.3 Å². The second kappa shape index (κ2) is 8.95. The van der Waals surface area contributed by atoms with Crippen molar-refractivity contribution in [3.63, 3.8) is 0 Å². The molecule has 0 saturated carbocycles. The van der Waals surface area contributed by atoms with E-state index in [-0.39, 0.29) is 16.4 Å². The fraction of sp³-hybridized carbons (Fsp3) is 0.550. The molecule has 1 fully saturated rings. The Morgan fingerprint density at radius 1 is 1.43 bits per heavy atom. The van der Waals surface area contributed by atoms with Crippen LogP contribution in [0.15, 0.2) is 23.1 Å². The lowest BCUT2D eigenvalue weighted by Gasteiger charge is -2.23. The molecule has 1 amide bonds. The van der Waals surface area contributed by atoms with Gasteiger partial charge in [-0.25, -0.2) is 8.42 Å². The van der Waals surface area contributed by atoms with Crippen LogP contribution in [0.2, 0.25) is 0 Å². The molecule has 8 heteroatoms. The number of nitrogens with one attached hydrogen (secondary N) is 2. The first kappa shape index (κ1) is 22.2.